The van der Waals surface area contributed by atoms with E-state index in [9.17, 15) is 9.90 Å². The molecule has 0 atom stereocenters. The molecule has 0 saturated heterocycles. The third kappa shape index (κ3) is 2.68. The van der Waals surface area contributed by atoms with E-state index in [0.717, 1.165) is 11.3 Å². The molecule has 2 heterocycles. The zero-order chi connectivity index (χ0) is 14.8. The van der Waals surface area contributed by atoms with Crippen molar-refractivity contribution in [3.05, 3.63) is 58.4 Å². The van der Waals surface area contributed by atoms with Gasteiger partial charge in [0, 0.05) is 11.8 Å². The summed E-state index contributed by atoms with van der Waals surface area (Å²) in [4.78, 5) is 15.7. The summed E-state index contributed by atoms with van der Waals surface area (Å²) in [5.41, 5.74) is 2.36. The summed E-state index contributed by atoms with van der Waals surface area (Å²) in [6.45, 7) is 1.88. The number of carboxylic acids is 1. The highest BCUT2D eigenvalue weighted by Gasteiger charge is 2.21. The first kappa shape index (κ1) is 13.4. The standard InChI is InChI=1S/C14H12N4O2S/c1-9-8-21-14(15-9)18-11(12(13(19)20)16-17-18)7-10-5-3-2-4-6-10/h2-6,8H,7H2,1H3,(H,19,20). The Morgan fingerprint density at radius 3 is 2.71 bits per heavy atom. The minimum atomic E-state index is -1.08. The molecule has 6 nitrogen and oxygen atoms in total. The van der Waals surface area contributed by atoms with Gasteiger partial charge >= 0.3 is 5.97 Å². The van der Waals surface area contributed by atoms with Crippen LogP contribution < -0.4 is 0 Å². The minimum absolute atomic E-state index is 0.0355. The van der Waals surface area contributed by atoms with E-state index < -0.39 is 5.97 Å². The third-order valence-electron chi connectivity index (χ3n) is 2.97. The Bertz CT molecular complexity index is 779. The molecule has 21 heavy (non-hydrogen) atoms. The molecule has 0 amide bonds. The van der Waals surface area contributed by atoms with Gasteiger partial charge in [0.25, 0.3) is 0 Å². The first-order valence-corrected chi connectivity index (χ1v) is 7.17. The molecule has 106 valence electrons. The summed E-state index contributed by atoms with van der Waals surface area (Å²) in [6.07, 6.45) is 0.439. The summed E-state index contributed by atoms with van der Waals surface area (Å²) in [5, 5.41) is 19.5. The van der Waals surface area contributed by atoms with Gasteiger partial charge in [-0.05, 0) is 12.5 Å². The van der Waals surface area contributed by atoms with Crippen molar-refractivity contribution in [2.45, 2.75) is 13.3 Å². The van der Waals surface area contributed by atoms with Gasteiger partial charge in [0.05, 0.1) is 11.4 Å². The predicted octanol–water partition coefficient (Wildman–Crippen LogP) is 2.32. The average molecular weight is 300 g/mol. The number of aromatic carboxylic acids is 1. The fourth-order valence-corrected chi connectivity index (χ4v) is 2.78. The highest BCUT2D eigenvalue weighted by atomic mass is 32.1. The monoisotopic (exact) mass is 300 g/mol. The molecule has 3 aromatic rings. The van der Waals surface area contributed by atoms with Gasteiger partial charge in [-0.2, -0.15) is 4.68 Å². The van der Waals surface area contributed by atoms with Gasteiger partial charge in [0.15, 0.2) is 5.69 Å². The SMILES string of the molecule is Cc1csc(-n2nnc(C(=O)O)c2Cc2ccccc2)n1. The zero-order valence-electron chi connectivity index (χ0n) is 11.2. The van der Waals surface area contributed by atoms with Crippen LogP contribution in [0.15, 0.2) is 35.7 Å². The van der Waals surface area contributed by atoms with Crippen LogP contribution in [0, 0.1) is 6.92 Å². The van der Waals surface area contributed by atoms with Crippen LogP contribution >= 0.6 is 11.3 Å². The fraction of sp³-hybridized carbons (Fsp3) is 0.143. The Balaban J connectivity index is 2.07. The Morgan fingerprint density at radius 2 is 2.10 bits per heavy atom. The Morgan fingerprint density at radius 1 is 1.33 bits per heavy atom. The van der Waals surface area contributed by atoms with E-state index >= 15 is 0 Å². The van der Waals surface area contributed by atoms with Crippen molar-refractivity contribution in [3.63, 3.8) is 0 Å². The van der Waals surface area contributed by atoms with Crippen LogP contribution in [0.25, 0.3) is 5.13 Å². The molecule has 0 aliphatic rings. The lowest BCUT2D eigenvalue weighted by Gasteiger charge is -2.04. The van der Waals surface area contributed by atoms with Gasteiger partial charge in [-0.15, -0.1) is 16.4 Å². The van der Waals surface area contributed by atoms with E-state index in [2.05, 4.69) is 15.3 Å². The van der Waals surface area contributed by atoms with Crippen molar-refractivity contribution in [3.8, 4) is 5.13 Å². The second-order valence-electron chi connectivity index (χ2n) is 4.54. The van der Waals surface area contributed by atoms with Crippen LogP contribution in [0.1, 0.15) is 27.4 Å². The van der Waals surface area contributed by atoms with Crippen LogP contribution in [-0.2, 0) is 6.42 Å². The number of aryl methyl sites for hydroxylation is 1. The summed E-state index contributed by atoms with van der Waals surface area (Å²) in [6, 6.07) is 9.63. The van der Waals surface area contributed by atoms with Crippen molar-refractivity contribution in [1.29, 1.82) is 0 Å². The number of hydrogen-bond acceptors (Lipinski definition) is 5. The number of nitrogens with zero attached hydrogens (tertiary/aromatic N) is 4. The predicted molar refractivity (Wildman–Crippen MR) is 78.0 cm³/mol. The highest BCUT2D eigenvalue weighted by molar-refractivity contribution is 7.12. The van der Waals surface area contributed by atoms with Crippen molar-refractivity contribution < 1.29 is 9.90 Å². The maximum Gasteiger partial charge on any atom is 0.358 e. The number of thiazole rings is 1. The third-order valence-corrected chi connectivity index (χ3v) is 3.90. The fourth-order valence-electron chi connectivity index (χ4n) is 2.01. The van der Waals surface area contributed by atoms with Crippen LogP contribution in [0.2, 0.25) is 0 Å². The lowest BCUT2D eigenvalue weighted by atomic mass is 10.1. The highest BCUT2D eigenvalue weighted by Crippen LogP contribution is 2.20. The maximum atomic E-state index is 11.3. The summed E-state index contributed by atoms with van der Waals surface area (Å²) >= 11 is 1.41. The largest absolute Gasteiger partial charge is 0.476 e. The van der Waals surface area contributed by atoms with Crippen molar-refractivity contribution in [1.82, 2.24) is 20.0 Å². The topological polar surface area (TPSA) is 80.9 Å². The Kier molecular flexibility index (Phi) is 3.49. The molecule has 3 rings (SSSR count). The van der Waals surface area contributed by atoms with Crippen LogP contribution in [0.5, 0.6) is 0 Å². The molecular weight excluding hydrogens is 288 g/mol. The number of aromatic nitrogens is 4. The van der Waals surface area contributed by atoms with Crippen molar-refractivity contribution >= 4 is 17.3 Å². The molecule has 0 aliphatic carbocycles. The minimum Gasteiger partial charge on any atom is -0.476 e. The van der Waals surface area contributed by atoms with Gasteiger partial charge in [0.2, 0.25) is 5.13 Å². The average Bonchev–Trinajstić information content (AvgIpc) is 3.06. The van der Waals surface area contributed by atoms with Crippen LogP contribution in [0.3, 0.4) is 0 Å². The second kappa shape index (κ2) is 5.45. The van der Waals surface area contributed by atoms with E-state index in [0.29, 0.717) is 17.2 Å². The van der Waals surface area contributed by atoms with Gasteiger partial charge in [-0.1, -0.05) is 35.5 Å². The number of rotatable bonds is 4. The van der Waals surface area contributed by atoms with Gasteiger partial charge in [-0.25, -0.2) is 9.78 Å². The lowest BCUT2D eigenvalue weighted by Crippen LogP contribution is -2.07. The molecule has 0 radical (unpaired) electrons. The molecule has 0 saturated carbocycles. The van der Waals surface area contributed by atoms with Gasteiger partial charge in [0.1, 0.15) is 0 Å². The van der Waals surface area contributed by atoms with E-state index in [1.807, 2.05) is 42.6 Å². The molecule has 1 N–H and O–H groups in total. The molecule has 0 unspecified atom stereocenters. The molecule has 0 fully saturated rings. The summed E-state index contributed by atoms with van der Waals surface area (Å²) < 4.78 is 1.51. The van der Waals surface area contributed by atoms with Crippen LogP contribution in [-0.4, -0.2) is 31.1 Å². The van der Waals surface area contributed by atoms with Crippen molar-refractivity contribution in [2.24, 2.45) is 0 Å². The van der Waals surface area contributed by atoms with Crippen molar-refractivity contribution in [2.75, 3.05) is 0 Å². The molecule has 1 aromatic carbocycles. The summed E-state index contributed by atoms with van der Waals surface area (Å²) in [7, 11) is 0. The Labute approximate surface area is 124 Å². The molecular formula is C14H12N4O2S. The molecule has 0 spiro atoms. The first-order chi connectivity index (χ1) is 10.1. The summed E-state index contributed by atoms with van der Waals surface area (Å²) in [5.74, 6) is -1.08. The molecule has 0 aliphatic heterocycles. The van der Waals surface area contributed by atoms with E-state index in [1.165, 1.54) is 16.0 Å². The molecule has 2 aromatic heterocycles. The van der Waals surface area contributed by atoms with Gasteiger partial charge < -0.3 is 5.11 Å². The smallest absolute Gasteiger partial charge is 0.358 e. The maximum absolute atomic E-state index is 11.3. The first-order valence-electron chi connectivity index (χ1n) is 6.29. The second-order valence-corrected chi connectivity index (χ2v) is 5.37. The lowest BCUT2D eigenvalue weighted by molar-refractivity contribution is 0.0689. The molecule has 7 heteroatoms. The number of benzene rings is 1. The number of carbonyl (C=O) groups is 1. The van der Waals surface area contributed by atoms with Crippen LogP contribution in [0.4, 0.5) is 0 Å². The Hall–Kier alpha value is -2.54. The van der Waals surface area contributed by atoms with E-state index in [-0.39, 0.29) is 5.69 Å². The van der Waals surface area contributed by atoms with E-state index in [1.54, 1.807) is 0 Å². The van der Waals surface area contributed by atoms with Gasteiger partial charge in [-0.3, -0.25) is 0 Å². The number of carboxylic acid groups (broad SMARTS) is 1. The zero-order valence-corrected chi connectivity index (χ0v) is 12.0. The quantitative estimate of drug-likeness (QED) is 0.799. The molecule has 0 bridgehead atoms. The van der Waals surface area contributed by atoms with E-state index in [4.69, 9.17) is 0 Å². The normalized spacial score (nSPS) is 10.7. The number of hydrogen-bond donors (Lipinski definition) is 1.